The molecule has 3 rings (SSSR count). The van der Waals surface area contributed by atoms with E-state index in [-0.39, 0.29) is 5.91 Å². The van der Waals surface area contributed by atoms with Gasteiger partial charge in [-0.3, -0.25) is 4.79 Å². The molecule has 1 N–H and O–H groups in total. The molecule has 1 saturated heterocycles. The highest BCUT2D eigenvalue weighted by atomic mass is 16.2. The summed E-state index contributed by atoms with van der Waals surface area (Å²) in [5, 5.41) is 3.36. The molecular weight excluding hydrogens is 362 g/mol. The lowest BCUT2D eigenvalue weighted by Crippen LogP contribution is -2.38. The zero-order valence-corrected chi connectivity index (χ0v) is 17.9. The van der Waals surface area contributed by atoms with Gasteiger partial charge in [0.05, 0.1) is 13.1 Å². The fraction of sp³-hybridized carbons (Fsp3) is 0.478. The molecular formula is C23H33N5O. The third-order valence-corrected chi connectivity index (χ3v) is 5.40. The first-order valence-corrected chi connectivity index (χ1v) is 10.6. The van der Waals surface area contributed by atoms with Crippen LogP contribution in [-0.2, 0) is 20.1 Å². The van der Waals surface area contributed by atoms with E-state index in [1.165, 1.54) is 12.1 Å². The highest BCUT2D eigenvalue weighted by Gasteiger charge is 2.17. The summed E-state index contributed by atoms with van der Waals surface area (Å²) < 4.78 is 2.12. The Morgan fingerprint density at radius 3 is 2.48 bits per heavy atom. The zero-order chi connectivity index (χ0) is 20.6. The van der Waals surface area contributed by atoms with Gasteiger partial charge in [0.2, 0.25) is 0 Å². The van der Waals surface area contributed by atoms with E-state index in [0.29, 0.717) is 6.54 Å². The molecule has 1 fully saturated rings. The topological polar surface area (TPSA) is 52.9 Å². The minimum atomic E-state index is 0.149. The molecule has 6 nitrogen and oxygen atoms in total. The SMILES string of the molecule is CCNC(=NCc1ccc(C(=O)N2CCCCC2)cc1)N(C)Cc1cccn1C. The number of carbonyl (C=O) groups is 1. The Labute approximate surface area is 174 Å². The second-order valence-electron chi connectivity index (χ2n) is 7.69. The molecule has 0 bridgehead atoms. The van der Waals surface area contributed by atoms with Crippen LogP contribution < -0.4 is 5.32 Å². The van der Waals surface area contributed by atoms with Gasteiger partial charge in [-0.1, -0.05) is 12.1 Å². The minimum absolute atomic E-state index is 0.149. The van der Waals surface area contributed by atoms with Gasteiger partial charge in [0.15, 0.2) is 5.96 Å². The molecule has 1 aliphatic heterocycles. The van der Waals surface area contributed by atoms with Crippen LogP contribution in [0.25, 0.3) is 0 Å². The van der Waals surface area contributed by atoms with E-state index in [2.05, 4.69) is 54.1 Å². The number of nitrogens with zero attached hydrogens (tertiary/aromatic N) is 4. The van der Waals surface area contributed by atoms with Gasteiger partial charge < -0.3 is 19.7 Å². The fourth-order valence-electron chi connectivity index (χ4n) is 3.65. The summed E-state index contributed by atoms with van der Waals surface area (Å²) in [4.78, 5) is 21.5. The number of aryl methyl sites for hydroxylation is 1. The lowest BCUT2D eigenvalue weighted by atomic mass is 10.1. The van der Waals surface area contributed by atoms with Crippen molar-refractivity contribution in [1.29, 1.82) is 0 Å². The monoisotopic (exact) mass is 395 g/mol. The van der Waals surface area contributed by atoms with E-state index < -0.39 is 0 Å². The standard InChI is InChI=1S/C23H33N5O/c1-4-24-23(27(3)18-21-9-8-14-26(21)2)25-17-19-10-12-20(13-11-19)22(29)28-15-6-5-7-16-28/h8-14H,4-7,15-18H2,1-3H3,(H,24,25). The van der Waals surface area contributed by atoms with Crippen LogP contribution in [0, 0.1) is 0 Å². The first kappa shape index (κ1) is 21.0. The average Bonchev–Trinajstić information content (AvgIpc) is 3.16. The van der Waals surface area contributed by atoms with Gasteiger partial charge in [0, 0.05) is 51.2 Å². The summed E-state index contributed by atoms with van der Waals surface area (Å²) in [5.41, 5.74) is 3.11. The van der Waals surface area contributed by atoms with Crippen LogP contribution in [0.3, 0.4) is 0 Å². The van der Waals surface area contributed by atoms with E-state index in [9.17, 15) is 4.79 Å². The molecule has 29 heavy (non-hydrogen) atoms. The molecule has 6 heteroatoms. The molecule has 1 aromatic heterocycles. The molecule has 1 amide bonds. The van der Waals surface area contributed by atoms with E-state index in [1.807, 2.05) is 29.2 Å². The lowest BCUT2D eigenvalue weighted by molar-refractivity contribution is 0.0724. The molecule has 0 saturated carbocycles. The maximum absolute atomic E-state index is 12.6. The van der Waals surface area contributed by atoms with Gasteiger partial charge in [-0.25, -0.2) is 4.99 Å². The number of carbonyl (C=O) groups excluding carboxylic acids is 1. The maximum Gasteiger partial charge on any atom is 0.253 e. The predicted molar refractivity (Wildman–Crippen MR) is 118 cm³/mol. The summed E-state index contributed by atoms with van der Waals surface area (Å²) in [6, 6.07) is 12.1. The number of hydrogen-bond acceptors (Lipinski definition) is 2. The first-order chi connectivity index (χ1) is 14.1. The smallest absolute Gasteiger partial charge is 0.253 e. The van der Waals surface area contributed by atoms with E-state index in [4.69, 9.17) is 4.99 Å². The van der Waals surface area contributed by atoms with Crippen LogP contribution in [-0.4, -0.2) is 52.9 Å². The molecule has 2 heterocycles. The van der Waals surface area contributed by atoms with Crippen LogP contribution in [0.4, 0.5) is 0 Å². The van der Waals surface area contributed by atoms with Crippen LogP contribution in [0.2, 0.25) is 0 Å². The van der Waals surface area contributed by atoms with Gasteiger partial charge in [-0.2, -0.15) is 0 Å². The molecule has 0 aliphatic carbocycles. The largest absolute Gasteiger partial charge is 0.357 e. The Hall–Kier alpha value is -2.76. The maximum atomic E-state index is 12.6. The van der Waals surface area contributed by atoms with Gasteiger partial charge in [0.1, 0.15) is 0 Å². The van der Waals surface area contributed by atoms with Gasteiger partial charge in [-0.15, -0.1) is 0 Å². The quantitative estimate of drug-likeness (QED) is 0.603. The van der Waals surface area contributed by atoms with Gasteiger partial charge in [0.25, 0.3) is 5.91 Å². The van der Waals surface area contributed by atoms with E-state index >= 15 is 0 Å². The van der Waals surface area contributed by atoms with Crippen molar-refractivity contribution in [3.05, 3.63) is 59.4 Å². The predicted octanol–water partition coefficient (Wildman–Crippen LogP) is 3.25. The molecule has 0 radical (unpaired) electrons. The number of amides is 1. The van der Waals surface area contributed by atoms with Crippen molar-refractivity contribution in [2.45, 2.75) is 39.3 Å². The number of aliphatic imine (C=N–C) groups is 1. The third kappa shape index (κ3) is 5.62. The van der Waals surface area contributed by atoms with E-state index in [1.54, 1.807) is 0 Å². The Balaban J connectivity index is 1.62. The number of nitrogens with one attached hydrogen (secondary N) is 1. The van der Waals surface area contributed by atoms with Gasteiger partial charge in [-0.05, 0) is 56.0 Å². The molecule has 2 aromatic rings. The van der Waals surface area contributed by atoms with Crippen molar-refractivity contribution < 1.29 is 4.79 Å². The Kier molecular flexibility index (Phi) is 7.33. The van der Waals surface area contributed by atoms with Crippen molar-refractivity contribution in [3.8, 4) is 0 Å². The summed E-state index contributed by atoms with van der Waals surface area (Å²) in [7, 11) is 4.11. The summed E-state index contributed by atoms with van der Waals surface area (Å²) in [6.45, 7) is 6.03. The average molecular weight is 396 g/mol. The number of aromatic nitrogens is 1. The zero-order valence-electron chi connectivity index (χ0n) is 17.9. The fourth-order valence-corrected chi connectivity index (χ4v) is 3.65. The van der Waals surface area contributed by atoms with Crippen molar-refractivity contribution in [2.24, 2.45) is 12.0 Å². The Morgan fingerprint density at radius 1 is 1.14 bits per heavy atom. The van der Waals surface area contributed by atoms with Crippen molar-refractivity contribution >= 4 is 11.9 Å². The van der Waals surface area contributed by atoms with Crippen LogP contribution in [0.15, 0.2) is 47.6 Å². The summed E-state index contributed by atoms with van der Waals surface area (Å²) in [5.74, 6) is 1.03. The lowest BCUT2D eigenvalue weighted by Gasteiger charge is -2.26. The minimum Gasteiger partial charge on any atom is -0.357 e. The molecule has 1 aromatic carbocycles. The van der Waals surface area contributed by atoms with Gasteiger partial charge >= 0.3 is 0 Å². The van der Waals surface area contributed by atoms with Crippen LogP contribution in [0.1, 0.15) is 47.8 Å². The van der Waals surface area contributed by atoms with Crippen molar-refractivity contribution in [1.82, 2.24) is 19.7 Å². The third-order valence-electron chi connectivity index (χ3n) is 5.40. The summed E-state index contributed by atoms with van der Waals surface area (Å²) in [6.07, 6.45) is 5.51. The highest BCUT2D eigenvalue weighted by Crippen LogP contribution is 2.14. The summed E-state index contributed by atoms with van der Waals surface area (Å²) >= 11 is 0. The number of piperidine rings is 1. The second kappa shape index (κ2) is 10.1. The molecule has 156 valence electrons. The number of guanidine groups is 1. The highest BCUT2D eigenvalue weighted by molar-refractivity contribution is 5.94. The number of benzene rings is 1. The molecule has 0 atom stereocenters. The van der Waals surface area contributed by atoms with Crippen LogP contribution >= 0.6 is 0 Å². The Bertz CT molecular complexity index is 818. The van der Waals surface area contributed by atoms with E-state index in [0.717, 1.165) is 56.1 Å². The van der Waals surface area contributed by atoms with Crippen molar-refractivity contribution in [2.75, 3.05) is 26.7 Å². The number of likely N-dealkylation sites (tertiary alicyclic amines) is 1. The molecule has 1 aliphatic rings. The van der Waals surface area contributed by atoms with Crippen molar-refractivity contribution in [3.63, 3.8) is 0 Å². The normalized spacial score (nSPS) is 14.7. The Morgan fingerprint density at radius 2 is 1.86 bits per heavy atom. The number of rotatable bonds is 6. The number of hydrogen-bond donors (Lipinski definition) is 1. The molecule has 0 unspecified atom stereocenters. The van der Waals surface area contributed by atoms with Crippen LogP contribution in [0.5, 0.6) is 0 Å². The second-order valence-corrected chi connectivity index (χ2v) is 7.69. The first-order valence-electron chi connectivity index (χ1n) is 10.6. The molecule has 0 spiro atoms.